The van der Waals surface area contributed by atoms with Crippen LogP contribution in [0, 0.1) is 9.52 Å². The minimum atomic E-state index is -2.72. The van der Waals surface area contributed by atoms with Crippen molar-refractivity contribution in [1.82, 2.24) is 4.98 Å². The van der Waals surface area contributed by atoms with E-state index in [-0.39, 0.29) is 9.45 Å². The van der Waals surface area contributed by atoms with E-state index in [0.29, 0.717) is 0 Å². The fraction of sp³-hybridized carbons (Fsp3) is 0.286. The molecule has 0 amide bonds. The molecular weight excluding hydrogens is 298 g/mol. The van der Waals surface area contributed by atoms with Gasteiger partial charge in [-0.05, 0) is 22.6 Å². The molecule has 0 bridgehead atoms. The Hall–Kier alpha value is -0.530. The maximum absolute atomic E-state index is 12.9. The first-order valence-corrected chi connectivity index (χ1v) is 4.32. The zero-order chi connectivity index (χ0) is 10.0. The molecule has 6 heteroatoms. The fourth-order valence-electron chi connectivity index (χ4n) is 0.757. The maximum Gasteiger partial charge on any atom is 0.265 e. The Balaban J connectivity index is 3.25. The molecule has 0 saturated heterocycles. The number of nitrogens with zero attached hydrogens (tertiary/aromatic N) is 1. The largest absolute Gasteiger partial charge is 0.481 e. The molecule has 0 unspecified atom stereocenters. The summed E-state index contributed by atoms with van der Waals surface area (Å²) in [7, 11) is 1.24. The third kappa shape index (κ3) is 2.23. The van der Waals surface area contributed by atoms with Crippen molar-refractivity contribution in [3.63, 3.8) is 0 Å². The van der Waals surface area contributed by atoms with Gasteiger partial charge in [-0.2, -0.15) is 9.37 Å². The molecule has 0 spiro atoms. The highest BCUT2D eigenvalue weighted by Gasteiger charge is 2.17. The summed E-state index contributed by atoms with van der Waals surface area (Å²) in [6.07, 6.45) is -2.72. The Morgan fingerprint density at radius 3 is 2.62 bits per heavy atom. The summed E-state index contributed by atoms with van der Waals surface area (Å²) in [6, 6.07) is 1.02. The quantitative estimate of drug-likeness (QED) is 0.619. The molecule has 0 aromatic carbocycles. The highest BCUT2D eigenvalue weighted by molar-refractivity contribution is 14.1. The average Bonchev–Trinajstić information content (AvgIpc) is 2.09. The molecule has 2 nitrogen and oxygen atoms in total. The molecule has 1 aromatic heterocycles. The minimum absolute atomic E-state index is 0.145. The molecule has 0 atom stereocenters. The van der Waals surface area contributed by atoms with Gasteiger partial charge >= 0.3 is 0 Å². The number of rotatable bonds is 2. The average molecular weight is 303 g/mol. The van der Waals surface area contributed by atoms with Gasteiger partial charge in [-0.25, -0.2) is 8.78 Å². The van der Waals surface area contributed by atoms with Gasteiger partial charge in [-0.3, -0.25) is 0 Å². The number of methoxy groups -OCH3 is 1. The third-order valence-electron chi connectivity index (χ3n) is 1.37. The second kappa shape index (κ2) is 4.12. The maximum atomic E-state index is 12.9. The van der Waals surface area contributed by atoms with Gasteiger partial charge in [0.25, 0.3) is 6.43 Å². The van der Waals surface area contributed by atoms with Crippen LogP contribution in [0.4, 0.5) is 13.2 Å². The van der Waals surface area contributed by atoms with Crippen molar-refractivity contribution >= 4 is 22.6 Å². The van der Waals surface area contributed by atoms with Crippen LogP contribution in [0.2, 0.25) is 0 Å². The van der Waals surface area contributed by atoms with Crippen LogP contribution in [-0.2, 0) is 0 Å². The molecular formula is C7H5F3INO. The molecule has 0 aliphatic heterocycles. The van der Waals surface area contributed by atoms with Crippen molar-refractivity contribution < 1.29 is 17.9 Å². The van der Waals surface area contributed by atoms with Crippen molar-refractivity contribution in [3.05, 3.63) is 21.1 Å². The number of hydrogen-bond donors (Lipinski definition) is 0. The summed E-state index contributed by atoms with van der Waals surface area (Å²) in [6.45, 7) is 0. The zero-order valence-corrected chi connectivity index (χ0v) is 8.68. The van der Waals surface area contributed by atoms with Gasteiger partial charge in [0.05, 0.1) is 10.7 Å². The number of pyridine rings is 1. The van der Waals surface area contributed by atoms with Crippen molar-refractivity contribution in [1.29, 1.82) is 0 Å². The number of ether oxygens (including phenoxy) is 1. The molecule has 0 aliphatic rings. The predicted octanol–water partition coefficient (Wildman–Crippen LogP) is 2.77. The Morgan fingerprint density at radius 2 is 2.15 bits per heavy atom. The summed E-state index contributed by atoms with van der Waals surface area (Å²) >= 11 is 1.48. The summed E-state index contributed by atoms with van der Waals surface area (Å²) in [5, 5.41) is 0. The SMILES string of the molecule is COc1cc(C(F)F)c(I)c(F)n1. The Kier molecular flexibility index (Phi) is 3.34. The number of aromatic nitrogens is 1. The highest BCUT2D eigenvalue weighted by atomic mass is 127. The lowest BCUT2D eigenvalue weighted by molar-refractivity contribution is 0.149. The first-order valence-electron chi connectivity index (χ1n) is 3.24. The van der Waals surface area contributed by atoms with Gasteiger partial charge in [0, 0.05) is 11.6 Å². The van der Waals surface area contributed by atoms with Crippen LogP contribution in [0.25, 0.3) is 0 Å². The lowest BCUT2D eigenvalue weighted by Gasteiger charge is -2.05. The van der Waals surface area contributed by atoms with E-state index in [4.69, 9.17) is 0 Å². The molecule has 1 aromatic rings. The molecule has 1 rings (SSSR count). The van der Waals surface area contributed by atoms with Gasteiger partial charge in [-0.15, -0.1) is 0 Å². The van der Waals surface area contributed by atoms with Gasteiger partial charge in [0.15, 0.2) is 0 Å². The lowest BCUT2D eigenvalue weighted by atomic mass is 10.3. The van der Waals surface area contributed by atoms with Crippen LogP contribution < -0.4 is 4.74 Å². The van der Waals surface area contributed by atoms with E-state index in [1.807, 2.05) is 0 Å². The van der Waals surface area contributed by atoms with Crippen LogP contribution in [0.5, 0.6) is 5.88 Å². The number of alkyl halides is 2. The highest BCUT2D eigenvalue weighted by Crippen LogP contribution is 2.28. The molecule has 72 valence electrons. The minimum Gasteiger partial charge on any atom is -0.481 e. The van der Waals surface area contributed by atoms with E-state index in [9.17, 15) is 13.2 Å². The first-order chi connectivity index (χ1) is 6.06. The van der Waals surface area contributed by atoms with Gasteiger partial charge in [0.2, 0.25) is 11.8 Å². The van der Waals surface area contributed by atoms with Gasteiger partial charge in [0.1, 0.15) is 0 Å². The molecule has 0 fully saturated rings. The summed E-state index contributed by atoms with van der Waals surface area (Å²) in [5.74, 6) is -1.08. The van der Waals surface area contributed by atoms with E-state index in [1.54, 1.807) is 0 Å². The van der Waals surface area contributed by atoms with E-state index in [2.05, 4.69) is 9.72 Å². The monoisotopic (exact) mass is 303 g/mol. The van der Waals surface area contributed by atoms with Gasteiger partial charge in [-0.1, -0.05) is 0 Å². The van der Waals surface area contributed by atoms with Crippen molar-refractivity contribution in [2.75, 3.05) is 7.11 Å². The molecule has 0 aliphatic carbocycles. The van der Waals surface area contributed by atoms with Crippen LogP contribution >= 0.6 is 22.6 Å². The van der Waals surface area contributed by atoms with E-state index < -0.39 is 17.9 Å². The third-order valence-corrected chi connectivity index (χ3v) is 2.43. The Morgan fingerprint density at radius 1 is 1.54 bits per heavy atom. The number of halogens is 4. The molecule has 1 heterocycles. The van der Waals surface area contributed by atoms with E-state index in [0.717, 1.165) is 6.07 Å². The van der Waals surface area contributed by atoms with Crippen LogP contribution in [0.3, 0.4) is 0 Å². The lowest BCUT2D eigenvalue weighted by Crippen LogP contribution is -1.99. The summed E-state index contributed by atoms with van der Waals surface area (Å²) in [5.41, 5.74) is -0.398. The zero-order valence-electron chi connectivity index (χ0n) is 6.52. The predicted molar refractivity (Wildman–Crippen MR) is 48.4 cm³/mol. The van der Waals surface area contributed by atoms with Crippen molar-refractivity contribution in [2.45, 2.75) is 6.43 Å². The molecule has 0 saturated carbocycles. The van der Waals surface area contributed by atoms with Gasteiger partial charge < -0.3 is 4.74 Å². The summed E-state index contributed by atoms with van der Waals surface area (Å²) in [4.78, 5) is 3.30. The normalized spacial score (nSPS) is 10.6. The molecule has 0 radical (unpaired) electrons. The van der Waals surface area contributed by atoms with Crippen LogP contribution in [-0.4, -0.2) is 12.1 Å². The second-order valence-corrected chi connectivity index (χ2v) is 3.24. The topological polar surface area (TPSA) is 22.1 Å². The Bertz CT molecular complexity index is 319. The summed E-state index contributed by atoms with van der Waals surface area (Å²) < 4.78 is 41.8. The second-order valence-electron chi connectivity index (χ2n) is 2.16. The van der Waals surface area contributed by atoms with Crippen molar-refractivity contribution in [2.24, 2.45) is 0 Å². The fourth-order valence-corrected chi connectivity index (χ4v) is 1.27. The van der Waals surface area contributed by atoms with E-state index in [1.165, 1.54) is 29.7 Å². The van der Waals surface area contributed by atoms with Crippen LogP contribution in [0.1, 0.15) is 12.0 Å². The Labute approximate surface area is 86.3 Å². The van der Waals surface area contributed by atoms with E-state index >= 15 is 0 Å². The molecule has 0 N–H and O–H groups in total. The van der Waals surface area contributed by atoms with Crippen LogP contribution in [0.15, 0.2) is 6.07 Å². The molecule has 13 heavy (non-hydrogen) atoms. The van der Waals surface area contributed by atoms with Crippen molar-refractivity contribution in [3.8, 4) is 5.88 Å². The number of hydrogen-bond acceptors (Lipinski definition) is 2. The first kappa shape index (κ1) is 10.6. The standard InChI is InChI=1S/C7H5F3INO/c1-13-4-2-3(6(8)9)5(11)7(10)12-4/h2,6H,1H3. The smallest absolute Gasteiger partial charge is 0.265 e.